The van der Waals surface area contributed by atoms with Gasteiger partial charge in [-0.15, -0.1) is 0 Å². The van der Waals surface area contributed by atoms with Crippen molar-refractivity contribution in [2.24, 2.45) is 0 Å². The molecule has 0 spiro atoms. The van der Waals surface area contributed by atoms with E-state index >= 15 is 0 Å². The summed E-state index contributed by atoms with van der Waals surface area (Å²) in [7, 11) is 0. The molecule has 0 radical (unpaired) electrons. The molecule has 1 N–H and O–H groups in total. The average molecular weight is 456 g/mol. The van der Waals surface area contributed by atoms with Crippen molar-refractivity contribution >= 4 is 17.3 Å². The number of aryl methyl sites for hydroxylation is 1. The van der Waals surface area contributed by atoms with Gasteiger partial charge in [-0.3, -0.25) is 9.69 Å². The fourth-order valence-corrected chi connectivity index (χ4v) is 4.78. The van der Waals surface area contributed by atoms with E-state index in [1.165, 1.54) is 12.1 Å². The zero-order valence-corrected chi connectivity index (χ0v) is 19.0. The minimum atomic E-state index is -0.468. The quantitative estimate of drug-likeness (QED) is 0.611. The summed E-state index contributed by atoms with van der Waals surface area (Å²) in [6, 6.07) is 15.1. The molecule has 7 heteroatoms. The van der Waals surface area contributed by atoms with Gasteiger partial charge in [-0.2, -0.15) is 0 Å². The summed E-state index contributed by atoms with van der Waals surface area (Å²) in [5, 5.41) is 11.4. The van der Waals surface area contributed by atoms with Gasteiger partial charge in [0.2, 0.25) is 0 Å². The van der Waals surface area contributed by atoms with Crippen molar-refractivity contribution in [3.8, 4) is 5.75 Å². The van der Waals surface area contributed by atoms with Gasteiger partial charge in [-0.05, 0) is 55.8 Å². The lowest BCUT2D eigenvalue weighted by Gasteiger charge is -2.40. The molecule has 5 nitrogen and oxygen atoms in total. The van der Waals surface area contributed by atoms with E-state index in [9.17, 15) is 14.3 Å². The number of aromatic nitrogens is 1. The van der Waals surface area contributed by atoms with Gasteiger partial charge in [0.05, 0.1) is 11.6 Å². The Bertz CT molecular complexity index is 1150. The Kier molecular flexibility index (Phi) is 6.53. The van der Waals surface area contributed by atoms with Gasteiger partial charge in [0.15, 0.2) is 0 Å². The Balaban J connectivity index is 1.72. The van der Waals surface area contributed by atoms with Crippen LogP contribution in [-0.4, -0.2) is 40.8 Å². The Morgan fingerprint density at radius 2 is 1.72 bits per heavy atom. The topological polar surface area (TPSA) is 48.7 Å². The van der Waals surface area contributed by atoms with Crippen molar-refractivity contribution < 1.29 is 9.50 Å². The first-order valence-electron chi connectivity index (χ1n) is 10.8. The monoisotopic (exact) mass is 455 g/mol. The van der Waals surface area contributed by atoms with Crippen molar-refractivity contribution in [3.63, 3.8) is 0 Å². The van der Waals surface area contributed by atoms with E-state index in [0.717, 1.165) is 16.9 Å². The molecule has 1 aromatic heterocycles. The zero-order chi connectivity index (χ0) is 22.8. The van der Waals surface area contributed by atoms with E-state index in [-0.39, 0.29) is 17.1 Å². The number of piperazine rings is 1. The molecule has 1 fully saturated rings. The predicted molar refractivity (Wildman–Crippen MR) is 126 cm³/mol. The first-order valence-corrected chi connectivity index (χ1v) is 11.2. The van der Waals surface area contributed by atoms with Crippen molar-refractivity contribution in [1.29, 1.82) is 0 Å². The van der Waals surface area contributed by atoms with Crippen molar-refractivity contribution in [1.82, 2.24) is 9.47 Å². The second-order valence-corrected chi connectivity index (χ2v) is 8.46. The molecule has 1 atom stereocenters. The molecule has 0 unspecified atom stereocenters. The Morgan fingerprint density at radius 3 is 2.34 bits per heavy atom. The summed E-state index contributed by atoms with van der Waals surface area (Å²) < 4.78 is 15.0. The number of hydrogen-bond acceptors (Lipinski definition) is 4. The molecule has 1 aliphatic heterocycles. The Labute approximate surface area is 192 Å². The van der Waals surface area contributed by atoms with Gasteiger partial charge in [0.25, 0.3) is 5.56 Å². The van der Waals surface area contributed by atoms with Gasteiger partial charge < -0.3 is 14.6 Å². The summed E-state index contributed by atoms with van der Waals surface area (Å²) >= 11 is 6.57. The van der Waals surface area contributed by atoms with Gasteiger partial charge in [-0.1, -0.05) is 29.8 Å². The molecule has 1 aliphatic rings. The number of anilines is 1. The lowest BCUT2D eigenvalue weighted by Crippen LogP contribution is -2.49. The molecule has 0 amide bonds. The summed E-state index contributed by atoms with van der Waals surface area (Å²) in [4.78, 5) is 17.8. The standard InChI is InChI=1S/C25H27ClFN3O2/c1-3-30-17(2)16-22(31)23(25(30)32)24(20-6-4-5-7-21(20)26)29-14-12-28(13-15-29)19-10-8-18(27)9-11-19/h4-11,16,24,31H,3,12-15H2,1-2H3/t24-/m0/s1. The van der Waals surface area contributed by atoms with E-state index in [1.807, 2.05) is 38.1 Å². The van der Waals surface area contributed by atoms with Crippen LogP contribution in [0, 0.1) is 12.7 Å². The normalized spacial score (nSPS) is 15.7. The maximum absolute atomic E-state index is 13.4. The number of hydrogen-bond donors (Lipinski definition) is 1. The fraction of sp³-hybridized carbons (Fsp3) is 0.320. The van der Waals surface area contributed by atoms with Gasteiger partial charge in [-0.25, -0.2) is 4.39 Å². The third-order valence-corrected chi connectivity index (χ3v) is 6.53. The minimum absolute atomic E-state index is 0.0110. The molecule has 32 heavy (non-hydrogen) atoms. The summed E-state index contributed by atoms with van der Waals surface area (Å²) in [5.74, 6) is -0.267. The van der Waals surface area contributed by atoms with Gasteiger partial charge in [0.1, 0.15) is 11.6 Å². The number of aromatic hydroxyl groups is 1. The van der Waals surface area contributed by atoms with Crippen molar-refractivity contribution in [3.05, 3.63) is 92.6 Å². The van der Waals surface area contributed by atoms with Crippen LogP contribution >= 0.6 is 11.6 Å². The van der Waals surface area contributed by atoms with Crippen molar-refractivity contribution in [2.75, 3.05) is 31.1 Å². The third-order valence-electron chi connectivity index (χ3n) is 6.18. The van der Waals surface area contributed by atoms with Gasteiger partial charge in [0, 0.05) is 49.1 Å². The van der Waals surface area contributed by atoms with Crippen LogP contribution in [0.3, 0.4) is 0 Å². The smallest absolute Gasteiger partial charge is 0.259 e. The maximum Gasteiger partial charge on any atom is 0.259 e. The molecule has 2 heterocycles. The van der Waals surface area contributed by atoms with E-state index in [1.54, 1.807) is 22.8 Å². The largest absolute Gasteiger partial charge is 0.507 e. The maximum atomic E-state index is 13.4. The van der Waals surface area contributed by atoms with Crippen LogP contribution in [0.1, 0.15) is 29.8 Å². The van der Waals surface area contributed by atoms with Gasteiger partial charge >= 0.3 is 0 Å². The second kappa shape index (κ2) is 9.35. The van der Waals surface area contributed by atoms with Crippen LogP contribution in [0.25, 0.3) is 0 Å². The lowest BCUT2D eigenvalue weighted by molar-refractivity contribution is 0.207. The number of halogens is 2. The minimum Gasteiger partial charge on any atom is -0.507 e. The third kappa shape index (κ3) is 4.25. The summed E-state index contributed by atoms with van der Waals surface area (Å²) in [6.07, 6.45) is 0. The second-order valence-electron chi connectivity index (χ2n) is 8.06. The fourth-order valence-electron chi connectivity index (χ4n) is 4.54. The van der Waals surface area contributed by atoms with Crippen LogP contribution in [0.15, 0.2) is 59.4 Å². The van der Waals surface area contributed by atoms with Crippen LogP contribution in [0.2, 0.25) is 5.02 Å². The Morgan fingerprint density at radius 1 is 1.06 bits per heavy atom. The molecular weight excluding hydrogens is 429 g/mol. The molecule has 0 saturated carbocycles. The highest BCUT2D eigenvalue weighted by Gasteiger charge is 2.32. The highest BCUT2D eigenvalue weighted by molar-refractivity contribution is 6.31. The molecule has 2 aromatic carbocycles. The van der Waals surface area contributed by atoms with Crippen LogP contribution in [0.4, 0.5) is 10.1 Å². The Hall–Kier alpha value is -2.83. The molecule has 1 saturated heterocycles. The number of benzene rings is 2. The number of pyridine rings is 1. The number of nitrogens with zero attached hydrogens (tertiary/aromatic N) is 3. The molecule has 3 aromatic rings. The zero-order valence-electron chi connectivity index (χ0n) is 18.3. The summed E-state index contributed by atoms with van der Waals surface area (Å²) in [6.45, 7) is 6.99. The molecular formula is C25H27ClFN3O2. The highest BCUT2D eigenvalue weighted by Crippen LogP contribution is 2.36. The van der Waals surface area contributed by atoms with Crippen LogP contribution < -0.4 is 10.5 Å². The molecule has 168 valence electrons. The van der Waals surface area contributed by atoms with E-state index < -0.39 is 6.04 Å². The SMILES string of the molecule is CCn1c(C)cc(O)c([C@H](c2ccccc2Cl)N2CCN(c3ccc(F)cc3)CC2)c1=O. The summed E-state index contributed by atoms with van der Waals surface area (Å²) in [5.41, 5.74) is 2.63. The van der Waals surface area contributed by atoms with Crippen molar-refractivity contribution in [2.45, 2.75) is 26.4 Å². The van der Waals surface area contributed by atoms with E-state index in [4.69, 9.17) is 11.6 Å². The van der Waals surface area contributed by atoms with E-state index in [0.29, 0.717) is 43.3 Å². The first kappa shape index (κ1) is 22.4. The molecule has 0 bridgehead atoms. The highest BCUT2D eigenvalue weighted by atomic mass is 35.5. The average Bonchev–Trinajstić information content (AvgIpc) is 2.78. The van der Waals surface area contributed by atoms with Crippen LogP contribution in [0.5, 0.6) is 5.75 Å². The molecule has 4 rings (SSSR count). The first-order chi connectivity index (χ1) is 15.4. The van der Waals surface area contributed by atoms with E-state index in [2.05, 4.69) is 9.80 Å². The molecule has 0 aliphatic carbocycles. The van der Waals surface area contributed by atoms with Crippen LogP contribution in [-0.2, 0) is 6.54 Å². The predicted octanol–water partition coefficient (Wildman–Crippen LogP) is 4.59. The lowest BCUT2D eigenvalue weighted by atomic mass is 9.95. The number of rotatable bonds is 5.